The van der Waals surface area contributed by atoms with Gasteiger partial charge in [0.05, 0.1) is 19.3 Å². The number of rotatable bonds is 17. The van der Waals surface area contributed by atoms with Gasteiger partial charge in [0.2, 0.25) is 0 Å². The SMILES string of the molecule is [CH][C@H]1O[C@@H](n2ccc(=O)[nH]c2=O)C(OC(OCCOC(C)=O)OCCOC(C)=O)[C@H]1OP(OC)N(C(C)C)C(C)C. The zero-order valence-corrected chi connectivity index (χ0v) is 25.2. The van der Waals surface area contributed by atoms with Gasteiger partial charge in [0, 0.05) is 45.3 Å². The molecule has 1 aromatic rings. The fourth-order valence-electron chi connectivity index (χ4n) is 3.96. The summed E-state index contributed by atoms with van der Waals surface area (Å²) in [4.78, 5) is 48.9. The van der Waals surface area contributed by atoms with Gasteiger partial charge in [-0.05, 0) is 34.6 Å². The van der Waals surface area contributed by atoms with Gasteiger partial charge in [0.15, 0.2) is 6.23 Å². The molecule has 1 fully saturated rings. The lowest BCUT2D eigenvalue weighted by Crippen LogP contribution is -2.44. The van der Waals surface area contributed by atoms with Gasteiger partial charge in [-0.15, -0.1) is 0 Å². The van der Waals surface area contributed by atoms with Crippen molar-refractivity contribution in [3.63, 3.8) is 0 Å². The van der Waals surface area contributed by atoms with Crippen molar-refractivity contribution in [1.82, 2.24) is 14.2 Å². The Morgan fingerprint density at radius 3 is 2.05 bits per heavy atom. The van der Waals surface area contributed by atoms with Crippen molar-refractivity contribution in [3.8, 4) is 0 Å². The van der Waals surface area contributed by atoms with Crippen LogP contribution in [-0.4, -0.2) is 96.6 Å². The van der Waals surface area contributed by atoms with Crippen LogP contribution in [0.25, 0.3) is 0 Å². The van der Waals surface area contributed by atoms with E-state index in [2.05, 4.69) is 4.98 Å². The molecule has 0 spiro atoms. The summed E-state index contributed by atoms with van der Waals surface area (Å²) in [7, 11) is -0.178. The quantitative estimate of drug-likeness (QED) is 0.117. The Morgan fingerprint density at radius 1 is 1.02 bits per heavy atom. The molecule has 41 heavy (non-hydrogen) atoms. The third-order valence-corrected chi connectivity index (χ3v) is 7.56. The molecule has 2 unspecified atom stereocenters. The van der Waals surface area contributed by atoms with Crippen molar-refractivity contribution in [2.45, 2.75) is 84.6 Å². The summed E-state index contributed by atoms with van der Waals surface area (Å²) in [6.07, 6.45) is -3.20. The lowest BCUT2D eigenvalue weighted by Gasteiger charge is -2.37. The number of nitrogens with zero attached hydrogens (tertiary/aromatic N) is 2. The number of nitrogens with one attached hydrogen (secondary N) is 1. The number of H-pyrrole nitrogens is 1. The van der Waals surface area contributed by atoms with E-state index in [0.29, 0.717) is 0 Å². The molecule has 1 aromatic heterocycles. The molecule has 1 aliphatic rings. The fourth-order valence-corrected chi connectivity index (χ4v) is 5.55. The molecule has 1 aliphatic heterocycles. The zero-order valence-electron chi connectivity index (χ0n) is 24.3. The minimum Gasteiger partial charge on any atom is -0.463 e. The second-order valence-electron chi connectivity index (χ2n) is 9.38. The summed E-state index contributed by atoms with van der Waals surface area (Å²) < 4.78 is 48.3. The number of aromatic amines is 1. The Morgan fingerprint density at radius 2 is 1.59 bits per heavy atom. The monoisotopic (exact) mass is 605 g/mol. The van der Waals surface area contributed by atoms with E-state index in [1.165, 1.54) is 27.2 Å². The largest absolute Gasteiger partial charge is 0.463 e. The van der Waals surface area contributed by atoms with Crippen molar-refractivity contribution >= 4 is 20.5 Å². The van der Waals surface area contributed by atoms with Gasteiger partial charge >= 0.3 is 17.6 Å². The maximum Gasteiger partial charge on any atom is 0.330 e. The van der Waals surface area contributed by atoms with Crippen molar-refractivity contribution in [2.75, 3.05) is 33.5 Å². The maximum absolute atomic E-state index is 12.7. The highest BCUT2D eigenvalue weighted by molar-refractivity contribution is 7.44. The van der Waals surface area contributed by atoms with Gasteiger partial charge in [-0.2, -0.15) is 0 Å². The fraction of sp³-hybridized carbons (Fsp3) is 0.720. The first-order chi connectivity index (χ1) is 19.3. The third kappa shape index (κ3) is 10.8. The van der Waals surface area contributed by atoms with Gasteiger partial charge in [-0.25, -0.2) is 9.46 Å². The van der Waals surface area contributed by atoms with Crippen LogP contribution < -0.4 is 11.2 Å². The summed E-state index contributed by atoms with van der Waals surface area (Å²) in [5, 5.41) is 0. The summed E-state index contributed by atoms with van der Waals surface area (Å²) in [5.41, 5.74) is -1.38. The molecule has 0 aliphatic carbocycles. The number of carbonyl (C=O) groups is 2. The van der Waals surface area contributed by atoms with Crippen LogP contribution in [0.5, 0.6) is 0 Å². The van der Waals surface area contributed by atoms with Gasteiger partial charge in [-0.1, -0.05) is 0 Å². The first-order valence-corrected chi connectivity index (χ1v) is 14.2. The summed E-state index contributed by atoms with van der Waals surface area (Å²) in [6.45, 7) is 14.9. The molecule has 1 N–H and O–H groups in total. The molecule has 15 nitrogen and oxygen atoms in total. The predicted octanol–water partition coefficient (Wildman–Crippen LogP) is 1.35. The first-order valence-electron chi connectivity index (χ1n) is 13.0. The Kier molecular flexibility index (Phi) is 14.5. The smallest absolute Gasteiger partial charge is 0.330 e. The van der Waals surface area contributed by atoms with E-state index in [9.17, 15) is 19.2 Å². The third-order valence-electron chi connectivity index (χ3n) is 5.52. The number of hydrogen-bond donors (Lipinski definition) is 1. The number of carbonyl (C=O) groups excluding carboxylic acids is 2. The molecular formula is C25H40N3O12P. The van der Waals surface area contributed by atoms with Gasteiger partial charge in [0.25, 0.3) is 20.6 Å². The lowest BCUT2D eigenvalue weighted by atomic mass is 10.1. The van der Waals surface area contributed by atoms with Crippen LogP contribution in [0.4, 0.5) is 0 Å². The van der Waals surface area contributed by atoms with E-state index >= 15 is 0 Å². The molecule has 2 heterocycles. The van der Waals surface area contributed by atoms with Crippen LogP contribution >= 0.6 is 8.53 Å². The second kappa shape index (κ2) is 17.0. The highest BCUT2D eigenvalue weighted by atomic mass is 31.2. The Labute approximate surface area is 240 Å². The molecule has 2 radical (unpaired) electrons. The van der Waals surface area contributed by atoms with Crippen molar-refractivity contribution in [2.24, 2.45) is 0 Å². The number of aromatic nitrogens is 2. The Hall–Kier alpha value is -2.23. The number of esters is 2. The van der Waals surface area contributed by atoms with Crippen molar-refractivity contribution in [3.05, 3.63) is 40.0 Å². The highest BCUT2D eigenvalue weighted by Crippen LogP contribution is 2.49. The first kappa shape index (κ1) is 35.0. The van der Waals surface area contributed by atoms with Crippen LogP contribution in [0.2, 0.25) is 0 Å². The second-order valence-corrected chi connectivity index (χ2v) is 10.9. The van der Waals surface area contributed by atoms with E-state index < -0.39 is 62.7 Å². The zero-order chi connectivity index (χ0) is 30.7. The van der Waals surface area contributed by atoms with Gasteiger partial charge in [-0.3, -0.25) is 23.9 Å². The minimum atomic E-state index is -1.68. The molecule has 5 atom stereocenters. The topological polar surface area (TPSA) is 166 Å². The summed E-state index contributed by atoms with van der Waals surface area (Å²) >= 11 is 0. The molecule has 0 aromatic carbocycles. The van der Waals surface area contributed by atoms with E-state index in [4.69, 9.17) is 44.4 Å². The molecule has 1 saturated heterocycles. The molecule has 0 bridgehead atoms. The van der Waals surface area contributed by atoms with E-state index in [0.717, 1.165) is 10.6 Å². The van der Waals surface area contributed by atoms with Gasteiger partial charge in [0.1, 0.15) is 25.4 Å². The Bertz CT molecular complexity index is 1050. The number of hydrogen-bond acceptors (Lipinski definition) is 13. The maximum atomic E-state index is 12.7. The summed E-state index contributed by atoms with van der Waals surface area (Å²) in [6, 6.07) is 1.23. The molecule has 232 valence electrons. The highest BCUT2D eigenvalue weighted by Gasteiger charge is 2.49. The molecule has 0 saturated carbocycles. The minimum absolute atomic E-state index is 0.0403. The average Bonchev–Trinajstić information content (AvgIpc) is 3.17. The molecule has 2 rings (SSSR count). The van der Waals surface area contributed by atoms with Crippen LogP contribution in [0.1, 0.15) is 47.8 Å². The van der Waals surface area contributed by atoms with E-state index in [1.54, 1.807) is 0 Å². The Balaban J connectivity index is 2.40. The number of ether oxygens (including phenoxy) is 6. The van der Waals surface area contributed by atoms with E-state index in [1.807, 2.05) is 32.4 Å². The van der Waals surface area contributed by atoms with Gasteiger partial charge < -0.3 is 37.5 Å². The van der Waals surface area contributed by atoms with Crippen molar-refractivity contribution in [1.29, 1.82) is 0 Å². The molecule has 16 heteroatoms. The van der Waals surface area contributed by atoms with Crippen molar-refractivity contribution < 1.29 is 47.1 Å². The predicted molar refractivity (Wildman–Crippen MR) is 144 cm³/mol. The van der Waals surface area contributed by atoms with Crippen LogP contribution in [0.3, 0.4) is 0 Å². The average molecular weight is 606 g/mol. The normalized spacial score (nSPS) is 21.7. The van der Waals surface area contributed by atoms with Crippen LogP contribution in [-0.2, 0) is 47.1 Å². The lowest BCUT2D eigenvalue weighted by molar-refractivity contribution is -0.320. The van der Waals surface area contributed by atoms with E-state index in [-0.39, 0.29) is 38.5 Å². The summed E-state index contributed by atoms with van der Waals surface area (Å²) in [5.74, 6) is -1.01. The van der Waals surface area contributed by atoms with Crippen LogP contribution in [0.15, 0.2) is 21.9 Å². The van der Waals surface area contributed by atoms with Crippen LogP contribution in [0, 0.1) is 6.92 Å². The molecular weight excluding hydrogens is 565 g/mol. The standard InChI is InChI=1S/C25H40N3O12P/c1-15(2)28(16(3)4)41(33-8)40-21-17(5)38-23(27-10-9-20(31)26-24(27)32)22(21)39-25(36-13-11-34-18(6)29)37-14-12-35-19(7)30/h5,9-10,15-17,21-23,25H,11-14H2,1-4,6-8H3,(H,26,31,32)/t17-,21+,22?,23-,41?/m1/s1. The molecule has 0 amide bonds.